The largest absolute Gasteiger partial charge is 0.418 e. The van der Waals surface area contributed by atoms with E-state index in [1.54, 1.807) is 11.2 Å². The maximum absolute atomic E-state index is 9.45. The van der Waals surface area contributed by atoms with Gasteiger partial charge in [-0.15, -0.1) is 0 Å². The third kappa shape index (κ3) is 1.95. The van der Waals surface area contributed by atoms with Crippen molar-refractivity contribution in [3.8, 4) is 0 Å². The van der Waals surface area contributed by atoms with Crippen LogP contribution in [0.3, 0.4) is 0 Å². The van der Waals surface area contributed by atoms with Crippen LogP contribution in [0.2, 0.25) is 0 Å². The second-order valence-electron chi connectivity index (χ2n) is 4.74. The van der Waals surface area contributed by atoms with Gasteiger partial charge in [-0.1, -0.05) is 0 Å². The molecule has 96 valence electrons. The average molecular weight is 248 g/mol. The van der Waals surface area contributed by atoms with Crippen molar-refractivity contribution in [3.63, 3.8) is 0 Å². The summed E-state index contributed by atoms with van der Waals surface area (Å²) >= 11 is 0. The summed E-state index contributed by atoms with van der Waals surface area (Å²) in [4.78, 5) is 2.34. The third-order valence-electron chi connectivity index (χ3n) is 3.56. The van der Waals surface area contributed by atoms with E-state index in [0.29, 0.717) is 12.0 Å². The van der Waals surface area contributed by atoms with Crippen LogP contribution in [0.4, 0.5) is 0 Å². The Morgan fingerprint density at radius 2 is 2.06 bits per heavy atom. The number of likely N-dealkylation sites (tertiary alicyclic amines) is 1. The first-order valence-corrected chi connectivity index (χ1v) is 6.34. The van der Waals surface area contributed by atoms with E-state index >= 15 is 0 Å². The first-order chi connectivity index (χ1) is 8.75. The fourth-order valence-corrected chi connectivity index (χ4v) is 2.57. The Bertz CT molecular complexity index is 457. The van der Waals surface area contributed by atoms with Gasteiger partial charge in [0.05, 0.1) is 23.2 Å². The average Bonchev–Trinajstić information content (AvgIpc) is 2.91. The fourth-order valence-electron chi connectivity index (χ4n) is 2.57. The zero-order valence-corrected chi connectivity index (χ0v) is 10.2. The number of hydrogen-bond acceptors (Lipinski definition) is 4. The minimum Gasteiger partial charge on any atom is -0.418 e. The first-order valence-electron chi connectivity index (χ1n) is 6.34. The molecular formula is C13H18N3O2+. The monoisotopic (exact) mass is 248 g/mol. The molecule has 3 heterocycles. The molecule has 5 heteroatoms. The molecule has 1 fully saturated rings. The molecule has 0 aromatic rings. The fraction of sp³-hybridized carbons (Fsp3) is 0.462. The van der Waals surface area contributed by atoms with Crippen molar-refractivity contribution in [2.24, 2.45) is 5.10 Å². The van der Waals surface area contributed by atoms with Crippen molar-refractivity contribution in [1.29, 1.82) is 0 Å². The molecule has 0 bridgehead atoms. The molecule has 3 aliphatic rings. The summed E-state index contributed by atoms with van der Waals surface area (Å²) in [6.07, 6.45) is 9.61. The van der Waals surface area contributed by atoms with Gasteiger partial charge in [0.2, 0.25) is 0 Å². The van der Waals surface area contributed by atoms with Gasteiger partial charge in [-0.05, 0) is 25.0 Å². The lowest BCUT2D eigenvalue weighted by Gasteiger charge is -2.29. The Labute approximate surface area is 106 Å². The number of fused-ring (bicyclic) bond motifs is 1. The third-order valence-corrected chi connectivity index (χ3v) is 3.56. The van der Waals surface area contributed by atoms with Crippen molar-refractivity contribution in [3.05, 3.63) is 35.3 Å². The van der Waals surface area contributed by atoms with E-state index in [0.717, 1.165) is 24.5 Å². The van der Waals surface area contributed by atoms with Gasteiger partial charge in [-0.3, -0.25) is 0 Å². The Hall–Kier alpha value is -1.59. The number of hydrogen-bond donors (Lipinski definition) is 1. The van der Waals surface area contributed by atoms with Gasteiger partial charge in [-0.2, -0.15) is 5.10 Å². The van der Waals surface area contributed by atoms with Crippen LogP contribution in [0.15, 0.2) is 40.4 Å². The highest BCUT2D eigenvalue weighted by Gasteiger charge is 2.25. The van der Waals surface area contributed by atoms with Crippen molar-refractivity contribution in [2.45, 2.75) is 25.6 Å². The van der Waals surface area contributed by atoms with Crippen LogP contribution in [-0.4, -0.2) is 45.7 Å². The molecule has 3 rings (SSSR count). The lowest BCUT2D eigenvalue weighted by molar-refractivity contribution is -0.0108. The number of allylic oxidation sites excluding steroid dienone is 2. The Morgan fingerprint density at radius 1 is 1.28 bits per heavy atom. The highest BCUT2D eigenvalue weighted by atomic mass is 16.5. The number of aliphatic hydroxyl groups is 1. The molecule has 18 heavy (non-hydrogen) atoms. The molecule has 0 aromatic heterocycles. The van der Waals surface area contributed by atoms with Crippen molar-refractivity contribution < 1.29 is 10.2 Å². The van der Waals surface area contributed by atoms with Gasteiger partial charge in [0, 0.05) is 25.7 Å². The van der Waals surface area contributed by atoms with Gasteiger partial charge < -0.3 is 15.1 Å². The quantitative estimate of drug-likeness (QED) is 0.571. The minimum atomic E-state index is -1.17. The zero-order valence-electron chi connectivity index (χ0n) is 10.2. The standard InChI is InChI=1S/C13H17N3O2/c17-13(18)11-5-6-14-16-9-10(3-4-12(11)16)15-7-1-2-8-15/h3-4,6,9,13,17-18H,1-2,5,7-8H2/p+1. The SMILES string of the molecule is O[C@@H]([OH2+])C1=C2C=CC(N3CCCC3)=CN2N=CC1. The van der Waals surface area contributed by atoms with Gasteiger partial charge in [0.1, 0.15) is 0 Å². The minimum absolute atomic E-state index is 0.549. The normalized spacial score (nSPS) is 24.4. The van der Waals surface area contributed by atoms with E-state index in [1.807, 2.05) is 12.3 Å². The molecule has 0 saturated carbocycles. The molecule has 0 aliphatic carbocycles. The molecule has 0 radical (unpaired) electrons. The van der Waals surface area contributed by atoms with Crippen LogP contribution in [0.5, 0.6) is 0 Å². The predicted octanol–water partition coefficient (Wildman–Crippen LogP) is 0.482. The Morgan fingerprint density at radius 3 is 2.78 bits per heavy atom. The second-order valence-corrected chi connectivity index (χ2v) is 4.74. The molecule has 3 N–H and O–H groups in total. The van der Waals surface area contributed by atoms with Gasteiger partial charge >= 0.3 is 0 Å². The van der Waals surface area contributed by atoms with Crippen LogP contribution < -0.4 is 0 Å². The molecule has 0 unspecified atom stereocenters. The predicted molar refractivity (Wildman–Crippen MR) is 69.6 cm³/mol. The lowest BCUT2D eigenvalue weighted by atomic mass is 10.1. The first kappa shape index (κ1) is 11.5. The highest BCUT2D eigenvalue weighted by Crippen LogP contribution is 2.28. The van der Waals surface area contributed by atoms with E-state index in [2.05, 4.69) is 16.1 Å². The maximum atomic E-state index is 9.45. The Kier molecular flexibility index (Phi) is 2.93. The summed E-state index contributed by atoms with van der Waals surface area (Å²) in [5, 5.41) is 23.0. The van der Waals surface area contributed by atoms with E-state index in [1.165, 1.54) is 12.8 Å². The molecule has 1 atom stereocenters. The van der Waals surface area contributed by atoms with Crippen LogP contribution in [0.25, 0.3) is 0 Å². The second kappa shape index (κ2) is 4.59. The van der Waals surface area contributed by atoms with Gasteiger partial charge in [0.15, 0.2) is 0 Å². The van der Waals surface area contributed by atoms with Crippen LogP contribution in [0, 0.1) is 0 Å². The maximum Gasteiger partial charge on any atom is 0.287 e. The summed E-state index contributed by atoms with van der Waals surface area (Å²) in [7, 11) is 0. The number of nitrogens with zero attached hydrogens (tertiary/aromatic N) is 3. The zero-order chi connectivity index (χ0) is 12.5. The summed E-state index contributed by atoms with van der Waals surface area (Å²) in [6.45, 7) is 2.20. The molecule has 3 aliphatic heterocycles. The summed E-state index contributed by atoms with van der Waals surface area (Å²) in [5.74, 6) is 0. The number of rotatable bonds is 2. The summed E-state index contributed by atoms with van der Waals surface area (Å²) < 4.78 is 0. The van der Waals surface area contributed by atoms with Crippen LogP contribution in [0.1, 0.15) is 19.3 Å². The Balaban J connectivity index is 1.88. The molecule has 1 saturated heterocycles. The lowest BCUT2D eigenvalue weighted by Crippen LogP contribution is -2.27. The molecule has 0 aromatic carbocycles. The highest BCUT2D eigenvalue weighted by molar-refractivity contribution is 5.64. The number of aliphatic hydroxyl groups excluding tert-OH is 1. The topological polar surface area (TPSA) is 62.0 Å². The smallest absolute Gasteiger partial charge is 0.287 e. The van der Waals surface area contributed by atoms with Gasteiger partial charge in [-0.25, -0.2) is 5.01 Å². The van der Waals surface area contributed by atoms with Gasteiger partial charge in [0.25, 0.3) is 6.29 Å². The molecule has 5 nitrogen and oxygen atoms in total. The molecule has 0 amide bonds. The summed E-state index contributed by atoms with van der Waals surface area (Å²) in [5.41, 5.74) is 2.70. The van der Waals surface area contributed by atoms with E-state index in [9.17, 15) is 5.11 Å². The summed E-state index contributed by atoms with van der Waals surface area (Å²) in [6, 6.07) is 0. The van der Waals surface area contributed by atoms with E-state index < -0.39 is 6.29 Å². The van der Waals surface area contributed by atoms with Crippen LogP contribution >= 0.6 is 0 Å². The van der Waals surface area contributed by atoms with E-state index in [-0.39, 0.29) is 0 Å². The van der Waals surface area contributed by atoms with Crippen LogP contribution in [-0.2, 0) is 0 Å². The molecule has 0 spiro atoms. The number of hydrazone groups is 1. The van der Waals surface area contributed by atoms with E-state index in [4.69, 9.17) is 5.11 Å². The molecular weight excluding hydrogens is 230 g/mol. The van der Waals surface area contributed by atoms with Crippen molar-refractivity contribution in [1.82, 2.24) is 9.91 Å². The van der Waals surface area contributed by atoms with Crippen molar-refractivity contribution in [2.75, 3.05) is 13.1 Å². The van der Waals surface area contributed by atoms with Crippen molar-refractivity contribution >= 4 is 6.21 Å².